The fraction of sp³-hybridized carbons (Fsp3) is 0.478. The number of halogens is 1. The molecule has 1 aliphatic heterocycles. The molecule has 8 nitrogen and oxygen atoms in total. The first kappa shape index (κ1) is 22.1. The SMILES string of the molecule is Cc1ccc(-c2nc(C(=O)NC(c3nc(C)no3)C(C)(C)C)c3n2CCCNC3)c(F)c1. The van der Waals surface area contributed by atoms with E-state index in [-0.39, 0.29) is 22.8 Å². The van der Waals surface area contributed by atoms with Crippen molar-refractivity contribution >= 4 is 5.91 Å². The van der Waals surface area contributed by atoms with E-state index in [1.54, 1.807) is 13.0 Å². The molecule has 1 atom stereocenters. The number of hydrogen-bond donors (Lipinski definition) is 2. The third-order valence-corrected chi connectivity index (χ3v) is 5.61. The quantitative estimate of drug-likeness (QED) is 0.642. The predicted octanol–water partition coefficient (Wildman–Crippen LogP) is 3.70. The van der Waals surface area contributed by atoms with Gasteiger partial charge in [0.25, 0.3) is 5.91 Å². The van der Waals surface area contributed by atoms with Crippen LogP contribution in [-0.4, -0.2) is 32.1 Å². The summed E-state index contributed by atoms with van der Waals surface area (Å²) in [5.41, 5.74) is 1.86. The molecule has 32 heavy (non-hydrogen) atoms. The number of imidazole rings is 1. The Labute approximate surface area is 186 Å². The average Bonchev–Trinajstić information content (AvgIpc) is 3.20. The molecule has 0 radical (unpaired) electrons. The van der Waals surface area contributed by atoms with Gasteiger partial charge in [0, 0.05) is 13.1 Å². The molecular formula is C23H29FN6O2. The lowest BCUT2D eigenvalue weighted by molar-refractivity contribution is 0.0875. The number of nitrogens with one attached hydrogen (secondary N) is 2. The molecule has 0 saturated heterocycles. The summed E-state index contributed by atoms with van der Waals surface area (Å²) >= 11 is 0. The van der Waals surface area contributed by atoms with E-state index in [4.69, 9.17) is 4.52 Å². The van der Waals surface area contributed by atoms with Crippen molar-refractivity contribution in [2.45, 2.75) is 60.2 Å². The Balaban J connectivity index is 1.75. The number of fused-ring (bicyclic) bond motifs is 1. The fourth-order valence-electron chi connectivity index (χ4n) is 3.94. The van der Waals surface area contributed by atoms with Gasteiger partial charge < -0.3 is 19.7 Å². The van der Waals surface area contributed by atoms with E-state index < -0.39 is 6.04 Å². The Hall–Kier alpha value is -3.07. The molecule has 3 aromatic rings. The molecule has 0 saturated carbocycles. The zero-order valence-corrected chi connectivity index (χ0v) is 19.1. The van der Waals surface area contributed by atoms with Gasteiger partial charge in [-0.3, -0.25) is 4.79 Å². The second kappa shape index (κ2) is 8.46. The minimum atomic E-state index is -0.508. The van der Waals surface area contributed by atoms with Crippen LogP contribution in [0.5, 0.6) is 0 Å². The average molecular weight is 441 g/mol. The molecule has 2 aromatic heterocycles. The largest absolute Gasteiger partial charge is 0.338 e. The summed E-state index contributed by atoms with van der Waals surface area (Å²) in [6.45, 7) is 11.5. The van der Waals surface area contributed by atoms with Crippen molar-refractivity contribution in [1.29, 1.82) is 0 Å². The first-order valence-electron chi connectivity index (χ1n) is 10.8. The Morgan fingerprint density at radius 1 is 1.28 bits per heavy atom. The Morgan fingerprint density at radius 3 is 2.72 bits per heavy atom. The summed E-state index contributed by atoms with van der Waals surface area (Å²) < 4.78 is 22.1. The Bertz CT molecular complexity index is 1140. The summed E-state index contributed by atoms with van der Waals surface area (Å²) in [7, 11) is 0. The lowest BCUT2D eigenvalue weighted by Gasteiger charge is -2.28. The lowest BCUT2D eigenvalue weighted by atomic mass is 9.86. The van der Waals surface area contributed by atoms with Crippen LogP contribution >= 0.6 is 0 Å². The second-order valence-electron chi connectivity index (χ2n) is 9.35. The number of rotatable bonds is 4. The van der Waals surface area contributed by atoms with Crippen molar-refractivity contribution in [3.8, 4) is 11.4 Å². The maximum atomic E-state index is 14.8. The molecule has 1 amide bonds. The van der Waals surface area contributed by atoms with Crippen LogP contribution in [0.25, 0.3) is 11.4 Å². The zero-order chi connectivity index (χ0) is 23.0. The first-order valence-corrected chi connectivity index (χ1v) is 10.8. The van der Waals surface area contributed by atoms with Gasteiger partial charge in [0.2, 0.25) is 5.89 Å². The highest BCUT2D eigenvalue weighted by Crippen LogP contribution is 2.33. The monoisotopic (exact) mass is 440 g/mol. The van der Waals surface area contributed by atoms with Crippen LogP contribution in [0.2, 0.25) is 0 Å². The van der Waals surface area contributed by atoms with Gasteiger partial charge in [0.1, 0.15) is 17.7 Å². The molecule has 0 fully saturated rings. The summed E-state index contributed by atoms with van der Waals surface area (Å²) in [6.07, 6.45) is 0.858. The number of carbonyl (C=O) groups is 1. The first-order chi connectivity index (χ1) is 15.1. The van der Waals surface area contributed by atoms with Gasteiger partial charge in [-0.25, -0.2) is 9.37 Å². The molecule has 3 heterocycles. The smallest absolute Gasteiger partial charge is 0.272 e. The van der Waals surface area contributed by atoms with Crippen LogP contribution in [0, 0.1) is 25.1 Å². The molecule has 9 heteroatoms. The summed E-state index contributed by atoms with van der Waals surface area (Å²) in [6, 6.07) is 4.55. The Morgan fingerprint density at radius 2 is 2.06 bits per heavy atom. The van der Waals surface area contributed by atoms with Crippen LogP contribution in [0.3, 0.4) is 0 Å². The molecule has 0 bridgehead atoms. The third-order valence-electron chi connectivity index (χ3n) is 5.61. The van der Waals surface area contributed by atoms with Gasteiger partial charge in [-0.1, -0.05) is 32.0 Å². The molecule has 0 aliphatic carbocycles. The number of aryl methyl sites for hydroxylation is 2. The number of benzene rings is 1. The van der Waals surface area contributed by atoms with E-state index in [0.29, 0.717) is 36.2 Å². The molecule has 1 unspecified atom stereocenters. The molecule has 170 valence electrons. The van der Waals surface area contributed by atoms with Crippen molar-refractivity contribution in [1.82, 2.24) is 30.3 Å². The van der Waals surface area contributed by atoms with Crippen molar-refractivity contribution < 1.29 is 13.7 Å². The Kier molecular flexibility index (Phi) is 5.85. The molecule has 1 aliphatic rings. The van der Waals surface area contributed by atoms with E-state index in [1.165, 1.54) is 6.07 Å². The maximum absolute atomic E-state index is 14.8. The molecule has 2 N–H and O–H groups in total. The van der Waals surface area contributed by atoms with Crippen molar-refractivity contribution in [3.05, 3.63) is 52.7 Å². The van der Waals surface area contributed by atoms with Gasteiger partial charge in [-0.05, 0) is 49.9 Å². The van der Waals surface area contributed by atoms with Crippen LogP contribution < -0.4 is 10.6 Å². The van der Waals surface area contributed by atoms with Gasteiger partial charge in [0.15, 0.2) is 11.5 Å². The summed E-state index contributed by atoms with van der Waals surface area (Å²) in [5.74, 6) is 0.604. The minimum Gasteiger partial charge on any atom is -0.338 e. The number of amides is 1. The maximum Gasteiger partial charge on any atom is 0.272 e. The predicted molar refractivity (Wildman–Crippen MR) is 117 cm³/mol. The van der Waals surface area contributed by atoms with E-state index in [9.17, 15) is 9.18 Å². The van der Waals surface area contributed by atoms with E-state index in [0.717, 1.165) is 24.2 Å². The summed E-state index contributed by atoms with van der Waals surface area (Å²) in [5, 5.41) is 10.2. The van der Waals surface area contributed by atoms with Crippen molar-refractivity contribution in [2.75, 3.05) is 6.54 Å². The zero-order valence-electron chi connectivity index (χ0n) is 19.1. The highest BCUT2D eigenvalue weighted by molar-refractivity contribution is 5.94. The normalized spacial score (nSPS) is 15.2. The van der Waals surface area contributed by atoms with Gasteiger partial charge in [-0.15, -0.1) is 0 Å². The lowest BCUT2D eigenvalue weighted by Crippen LogP contribution is -2.37. The van der Waals surface area contributed by atoms with Crippen LogP contribution in [-0.2, 0) is 13.1 Å². The third kappa shape index (κ3) is 4.29. The standard InChI is InChI=1S/C23H29FN6O2/c1-13-7-8-15(16(24)11-13)20-27-18(17-12-25-9-6-10-30(17)20)21(31)28-19(23(3,4)5)22-26-14(2)29-32-22/h7-8,11,19,25H,6,9-10,12H2,1-5H3,(H,28,31). The van der Waals surface area contributed by atoms with Gasteiger partial charge in [-0.2, -0.15) is 4.98 Å². The van der Waals surface area contributed by atoms with Crippen LogP contribution in [0.1, 0.15) is 66.7 Å². The van der Waals surface area contributed by atoms with E-state index >= 15 is 0 Å². The minimum absolute atomic E-state index is 0.278. The molecule has 4 rings (SSSR count). The topological polar surface area (TPSA) is 97.9 Å². The van der Waals surface area contributed by atoms with Gasteiger partial charge in [0.05, 0.1) is 11.3 Å². The molecule has 0 spiro atoms. The van der Waals surface area contributed by atoms with Crippen LogP contribution in [0.15, 0.2) is 22.7 Å². The fourth-order valence-corrected chi connectivity index (χ4v) is 3.94. The van der Waals surface area contributed by atoms with Gasteiger partial charge >= 0.3 is 0 Å². The highest BCUT2D eigenvalue weighted by atomic mass is 19.1. The van der Waals surface area contributed by atoms with Crippen molar-refractivity contribution in [2.24, 2.45) is 5.41 Å². The van der Waals surface area contributed by atoms with E-state index in [1.807, 2.05) is 38.3 Å². The molecule has 1 aromatic carbocycles. The molecular weight excluding hydrogens is 411 g/mol. The number of aromatic nitrogens is 4. The number of carbonyl (C=O) groups excluding carboxylic acids is 1. The number of hydrogen-bond acceptors (Lipinski definition) is 6. The summed E-state index contributed by atoms with van der Waals surface area (Å²) in [4.78, 5) is 22.4. The highest BCUT2D eigenvalue weighted by Gasteiger charge is 2.35. The van der Waals surface area contributed by atoms with Crippen molar-refractivity contribution in [3.63, 3.8) is 0 Å². The number of nitrogens with zero attached hydrogens (tertiary/aromatic N) is 4. The second-order valence-corrected chi connectivity index (χ2v) is 9.35. The van der Waals surface area contributed by atoms with E-state index in [2.05, 4.69) is 25.8 Å². The van der Waals surface area contributed by atoms with Crippen LogP contribution in [0.4, 0.5) is 4.39 Å².